The maximum Gasteiger partial charge on any atom is 0.272 e. The van der Waals surface area contributed by atoms with Crippen LogP contribution < -0.4 is 25.4 Å². The van der Waals surface area contributed by atoms with E-state index < -0.39 is 17.1 Å². The van der Waals surface area contributed by atoms with Crippen molar-refractivity contribution >= 4 is 69.1 Å². The van der Waals surface area contributed by atoms with Crippen LogP contribution in [0.3, 0.4) is 0 Å². The highest BCUT2D eigenvalue weighted by Crippen LogP contribution is 2.31. The molecule has 2 heterocycles. The number of nitrogens with one attached hydrogen (secondary N) is 3. The lowest BCUT2D eigenvalue weighted by Crippen LogP contribution is -2.30. The fourth-order valence-electron chi connectivity index (χ4n) is 4.23. The molecule has 3 N–H and O–H groups in total. The number of benzene rings is 3. The number of carbonyl (C=O) groups is 3. The molecule has 0 bridgehead atoms. The van der Waals surface area contributed by atoms with Gasteiger partial charge in [0, 0.05) is 21.5 Å². The zero-order chi connectivity index (χ0) is 32.5. The zero-order valence-corrected chi connectivity index (χ0v) is 27.6. The zero-order valence-electron chi connectivity index (χ0n) is 25.1. The first-order valence-electron chi connectivity index (χ1n) is 14.0. The fourth-order valence-corrected chi connectivity index (χ4v) is 6.63. The van der Waals surface area contributed by atoms with Crippen LogP contribution >= 0.6 is 34.4 Å². The van der Waals surface area contributed by atoms with Gasteiger partial charge in [0.25, 0.3) is 11.8 Å². The van der Waals surface area contributed by atoms with Gasteiger partial charge in [0.05, 0.1) is 30.0 Å². The topological polar surface area (TPSA) is 119 Å². The Morgan fingerprint density at radius 2 is 1.67 bits per heavy atom. The molecule has 46 heavy (non-hydrogen) atoms. The van der Waals surface area contributed by atoms with Gasteiger partial charge in [-0.25, -0.2) is 4.98 Å². The first kappa shape index (κ1) is 32.5. The van der Waals surface area contributed by atoms with Crippen LogP contribution in [-0.2, 0) is 9.59 Å². The first-order valence-corrected chi connectivity index (χ1v) is 16.7. The Labute approximate surface area is 278 Å². The molecule has 0 saturated heterocycles. The molecule has 0 radical (unpaired) electrons. The van der Waals surface area contributed by atoms with E-state index in [2.05, 4.69) is 20.9 Å². The number of thiazole rings is 1. The van der Waals surface area contributed by atoms with Crippen molar-refractivity contribution in [2.75, 3.05) is 24.9 Å². The van der Waals surface area contributed by atoms with Crippen LogP contribution in [-0.4, -0.2) is 42.2 Å². The number of nitrogens with zero attached hydrogens (tertiary/aromatic N) is 1. The molecule has 3 aromatic carbocycles. The largest absolute Gasteiger partial charge is 0.493 e. The maximum atomic E-state index is 13.6. The average Bonchev–Trinajstić information content (AvgIpc) is 3.78. The van der Waals surface area contributed by atoms with E-state index in [4.69, 9.17) is 9.47 Å². The van der Waals surface area contributed by atoms with Crippen LogP contribution in [0, 0.1) is 0 Å². The maximum absolute atomic E-state index is 13.6. The van der Waals surface area contributed by atoms with Gasteiger partial charge < -0.3 is 25.4 Å². The molecule has 1 atom stereocenters. The number of carbonyl (C=O) groups excluding carboxylic acids is 3. The van der Waals surface area contributed by atoms with Gasteiger partial charge in [0.1, 0.15) is 5.70 Å². The van der Waals surface area contributed by atoms with E-state index in [1.807, 2.05) is 35.9 Å². The van der Waals surface area contributed by atoms with Crippen molar-refractivity contribution in [3.63, 3.8) is 0 Å². The summed E-state index contributed by atoms with van der Waals surface area (Å²) >= 11 is 4.32. The molecule has 0 aliphatic heterocycles. The molecule has 234 valence electrons. The molecule has 0 fully saturated rings. The summed E-state index contributed by atoms with van der Waals surface area (Å²) in [4.78, 5) is 45.9. The Morgan fingerprint density at radius 1 is 0.870 bits per heavy atom. The third-order valence-corrected chi connectivity index (χ3v) is 9.27. The van der Waals surface area contributed by atoms with Crippen molar-refractivity contribution in [2.24, 2.45) is 0 Å². The minimum atomic E-state index is -0.530. The predicted molar refractivity (Wildman–Crippen MR) is 186 cm³/mol. The monoisotopic (exact) mass is 670 g/mol. The molecule has 12 heteroatoms. The first-order chi connectivity index (χ1) is 22.3. The summed E-state index contributed by atoms with van der Waals surface area (Å²) in [6.45, 7) is 1.81. The van der Waals surface area contributed by atoms with E-state index in [0.717, 1.165) is 15.5 Å². The number of thioether (sulfide) groups is 1. The summed E-state index contributed by atoms with van der Waals surface area (Å²) in [5.74, 6) is -0.140. The molecular weight excluding hydrogens is 641 g/mol. The van der Waals surface area contributed by atoms with Gasteiger partial charge in [-0.15, -0.1) is 34.4 Å². The smallest absolute Gasteiger partial charge is 0.272 e. The Morgan fingerprint density at radius 3 is 2.41 bits per heavy atom. The quantitative estimate of drug-likeness (QED) is 0.0934. The standard InChI is InChI=1S/C34H30N4O5S3/c1-21(31(39)38-34-37-27(20-45-34)30-13-8-16-44-30)46-25-12-7-11-24(19-25)35-33(41)26(36-32(40)23-9-5-4-6-10-23)17-22-14-15-28(42-2)29(18-22)43-3/h4-21H,1-3H3,(H,35,41)(H,36,40)(H,37,38,39)/b26-17+. The molecule has 3 amide bonds. The Hall–Kier alpha value is -4.91. The number of hydrogen-bond donors (Lipinski definition) is 3. The minimum Gasteiger partial charge on any atom is -0.493 e. The number of thiophene rings is 1. The van der Waals surface area contributed by atoms with Gasteiger partial charge in [-0.2, -0.15) is 0 Å². The highest BCUT2D eigenvalue weighted by Gasteiger charge is 2.19. The van der Waals surface area contributed by atoms with Gasteiger partial charge in [-0.3, -0.25) is 14.4 Å². The normalized spacial score (nSPS) is 11.8. The molecule has 2 aromatic heterocycles. The van der Waals surface area contributed by atoms with Gasteiger partial charge in [-0.1, -0.05) is 36.4 Å². The van der Waals surface area contributed by atoms with Crippen molar-refractivity contribution in [3.05, 3.63) is 113 Å². The van der Waals surface area contributed by atoms with Gasteiger partial charge >= 0.3 is 0 Å². The summed E-state index contributed by atoms with van der Waals surface area (Å²) in [6, 6.07) is 24.9. The minimum absolute atomic E-state index is 0.0252. The van der Waals surface area contributed by atoms with E-state index in [0.29, 0.717) is 33.4 Å². The number of rotatable bonds is 12. The second-order valence-electron chi connectivity index (χ2n) is 9.74. The lowest BCUT2D eigenvalue weighted by molar-refractivity contribution is -0.115. The molecule has 9 nitrogen and oxygen atoms in total. The third-order valence-electron chi connectivity index (χ3n) is 6.53. The second kappa shape index (κ2) is 15.4. The molecule has 0 saturated carbocycles. The summed E-state index contributed by atoms with van der Waals surface area (Å²) in [5, 5.41) is 12.5. The molecule has 5 rings (SSSR count). The van der Waals surface area contributed by atoms with Gasteiger partial charge in [-0.05, 0) is 72.5 Å². The highest BCUT2D eigenvalue weighted by atomic mass is 32.2. The summed E-state index contributed by atoms with van der Waals surface area (Å²) < 4.78 is 10.7. The van der Waals surface area contributed by atoms with E-state index in [-0.39, 0.29) is 11.6 Å². The number of hydrogen-bond acceptors (Lipinski definition) is 9. The Bertz CT molecular complexity index is 1860. The molecule has 0 aliphatic carbocycles. The summed E-state index contributed by atoms with van der Waals surface area (Å²) in [5.41, 5.74) is 2.37. The van der Waals surface area contributed by atoms with Crippen LogP contribution in [0.2, 0.25) is 0 Å². The third kappa shape index (κ3) is 8.42. The lowest BCUT2D eigenvalue weighted by Gasteiger charge is -2.14. The number of ether oxygens (including phenoxy) is 2. The molecule has 1 unspecified atom stereocenters. The second-order valence-corrected chi connectivity index (χ2v) is 13.0. The van der Waals surface area contributed by atoms with Crippen LogP contribution in [0.5, 0.6) is 11.5 Å². The number of anilines is 2. The molecule has 0 aliphatic rings. The molecule has 0 spiro atoms. The van der Waals surface area contributed by atoms with Crippen molar-refractivity contribution in [2.45, 2.75) is 17.1 Å². The Balaban J connectivity index is 1.29. The number of methoxy groups -OCH3 is 2. The van der Waals surface area contributed by atoms with Gasteiger partial charge in [0.2, 0.25) is 5.91 Å². The van der Waals surface area contributed by atoms with E-state index >= 15 is 0 Å². The van der Waals surface area contributed by atoms with Crippen molar-refractivity contribution in [3.8, 4) is 22.1 Å². The highest BCUT2D eigenvalue weighted by molar-refractivity contribution is 8.00. The lowest BCUT2D eigenvalue weighted by atomic mass is 10.1. The predicted octanol–water partition coefficient (Wildman–Crippen LogP) is 7.42. The van der Waals surface area contributed by atoms with Crippen molar-refractivity contribution in [1.82, 2.24) is 10.3 Å². The van der Waals surface area contributed by atoms with Crippen LogP contribution in [0.1, 0.15) is 22.8 Å². The molecule has 5 aromatic rings. The Kier molecular flexibility index (Phi) is 10.9. The van der Waals surface area contributed by atoms with E-state index in [1.54, 1.807) is 84.1 Å². The van der Waals surface area contributed by atoms with Crippen LogP contribution in [0.4, 0.5) is 10.8 Å². The summed E-state index contributed by atoms with van der Waals surface area (Å²) in [7, 11) is 3.06. The van der Waals surface area contributed by atoms with Crippen molar-refractivity contribution in [1.29, 1.82) is 0 Å². The van der Waals surface area contributed by atoms with Crippen molar-refractivity contribution < 1.29 is 23.9 Å². The van der Waals surface area contributed by atoms with Gasteiger partial charge in [0.15, 0.2) is 16.6 Å². The fraction of sp³-hybridized carbons (Fsp3) is 0.118. The van der Waals surface area contributed by atoms with Crippen LogP contribution in [0.15, 0.2) is 106 Å². The van der Waals surface area contributed by atoms with Crippen LogP contribution in [0.25, 0.3) is 16.6 Å². The average molecular weight is 671 g/mol. The SMILES string of the molecule is COc1ccc(/C=C(/NC(=O)c2ccccc2)C(=O)Nc2cccc(SC(C)C(=O)Nc3nc(-c4cccs4)cs3)c2)cc1OC. The molecular formula is C34H30N4O5S3. The van der Waals surface area contributed by atoms with E-state index in [9.17, 15) is 14.4 Å². The number of amides is 3. The number of aromatic nitrogens is 1. The van der Waals surface area contributed by atoms with E-state index in [1.165, 1.54) is 37.3 Å². The summed E-state index contributed by atoms with van der Waals surface area (Å²) in [6.07, 6.45) is 1.56.